The van der Waals surface area contributed by atoms with Crippen LogP contribution in [0.15, 0.2) is 12.1 Å². The number of halogens is 1. The van der Waals surface area contributed by atoms with Gasteiger partial charge in [0.1, 0.15) is 0 Å². The average Bonchev–Trinajstić information content (AvgIpc) is 2.47. The number of rotatable bonds is 4. The van der Waals surface area contributed by atoms with Crippen LogP contribution in [-0.4, -0.2) is 6.54 Å². The van der Waals surface area contributed by atoms with Gasteiger partial charge < -0.3 is 11.5 Å². The fraction of sp³-hybridized carbons (Fsp3) is 0.556. The van der Waals surface area contributed by atoms with Crippen LogP contribution < -0.4 is 11.5 Å². The minimum absolute atomic E-state index is 0. The molecule has 0 saturated carbocycles. The van der Waals surface area contributed by atoms with Crippen molar-refractivity contribution >= 4 is 23.7 Å². The zero-order valence-corrected chi connectivity index (χ0v) is 9.46. The van der Waals surface area contributed by atoms with Crippen molar-refractivity contribution in [1.29, 1.82) is 0 Å². The van der Waals surface area contributed by atoms with Crippen LogP contribution in [0.2, 0.25) is 0 Å². The zero-order chi connectivity index (χ0) is 8.97. The van der Waals surface area contributed by atoms with Crippen molar-refractivity contribution < 1.29 is 0 Å². The Morgan fingerprint density at radius 3 is 2.62 bits per heavy atom. The van der Waals surface area contributed by atoms with Gasteiger partial charge in [-0.1, -0.05) is 0 Å². The summed E-state index contributed by atoms with van der Waals surface area (Å²) in [4.78, 5) is 2.61. The maximum atomic E-state index is 5.95. The molecule has 0 aromatic carbocycles. The van der Waals surface area contributed by atoms with E-state index < -0.39 is 0 Å². The molecule has 1 aromatic rings. The Hall–Kier alpha value is -0.0900. The first-order chi connectivity index (χ1) is 5.74. The van der Waals surface area contributed by atoms with Gasteiger partial charge in [-0.25, -0.2) is 0 Å². The van der Waals surface area contributed by atoms with E-state index in [1.807, 2.05) is 0 Å². The Balaban J connectivity index is 0.00000144. The molecule has 0 fully saturated rings. The maximum absolute atomic E-state index is 5.95. The Kier molecular flexibility index (Phi) is 6.33. The van der Waals surface area contributed by atoms with Crippen LogP contribution in [-0.2, 0) is 0 Å². The molecule has 2 nitrogen and oxygen atoms in total. The summed E-state index contributed by atoms with van der Waals surface area (Å²) in [6.07, 6.45) is 2.01. The minimum atomic E-state index is 0. The van der Waals surface area contributed by atoms with Gasteiger partial charge in [0.25, 0.3) is 0 Å². The number of aryl methyl sites for hydroxylation is 1. The van der Waals surface area contributed by atoms with Gasteiger partial charge in [-0.15, -0.1) is 23.7 Å². The minimum Gasteiger partial charge on any atom is -0.330 e. The van der Waals surface area contributed by atoms with Gasteiger partial charge in [-0.3, -0.25) is 0 Å². The highest BCUT2D eigenvalue weighted by molar-refractivity contribution is 7.12. The molecule has 0 unspecified atom stereocenters. The van der Waals surface area contributed by atoms with E-state index in [-0.39, 0.29) is 18.4 Å². The monoisotopic (exact) mass is 220 g/mol. The van der Waals surface area contributed by atoms with Gasteiger partial charge >= 0.3 is 0 Å². The highest BCUT2D eigenvalue weighted by atomic mass is 35.5. The molecule has 76 valence electrons. The molecule has 0 aliphatic carbocycles. The highest BCUT2D eigenvalue weighted by Gasteiger charge is 2.06. The van der Waals surface area contributed by atoms with Crippen molar-refractivity contribution in [2.75, 3.05) is 6.54 Å². The summed E-state index contributed by atoms with van der Waals surface area (Å²) < 4.78 is 0. The van der Waals surface area contributed by atoms with Crippen molar-refractivity contribution in [1.82, 2.24) is 0 Å². The number of hydrogen-bond donors (Lipinski definition) is 2. The second kappa shape index (κ2) is 6.38. The van der Waals surface area contributed by atoms with E-state index in [0.29, 0.717) is 0 Å². The number of hydrogen-bond acceptors (Lipinski definition) is 3. The third kappa shape index (κ3) is 4.09. The lowest BCUT2D eigenvalue weighted by atomic mass is 10.1. The normalized spacial score (nSPS) is 12.2. The lowest BCUT2D eigenvalue weighted by molar-refractivity contribution is 0.626. The lowest BCUT2D eigenvalue weighted by Gasteiger charge is -2.07. The molecule has 0 radical (unpaired) electrons. The largest absolute Gasteiger partial charge is 0.330 e. The molecule has 1 atom stereocenters. The van der Waals surface area contributed by atoms with Gasteiger partial charge in [0, 0.05) is 15.8 Å². The molecular weight excluding hydrogens is 204 g/mol. The molecule has 0 saturated heterocycles. The van der Waals surface area contributed by atoms with Crippen molar-refractivity contribution in [2.24, 2.45) is 11.5 Å². The van der Waals surface area contributed by atoms with Crippen LogP contribution in [0.25, 0.3) is 0 Å². The molecule has 13 heavy (non-hydrogen) atoms. The van der Waals surface area contributed by atoms with E-state index in [4.69, 9.17) is 11.5 Å². The zero-order valence-electron chi connectivity index (χ0n) is 7.82. The predicted molar refractivity (Wildman–Crippen MR) is 61.5 cm³/mol. The maximum Gasteiger partial charge on any atom is 0.0390 e. The first-order valence-electron chi connectivity index (χ1n) is 4.26. The fourth-order valence-corrected chi connectivity index (χ4v) is 2.05. The Morgan fingerprint density at radius 1 is 1.46 bits per heavy atom. The summed E-state index contributed by atoms with van der Waals surface area (Å²) in [6, 6.07) is 4.41. The second-order valence-corrected chi connectivity index (χ2v) is 4.31. The lowest BCUT2D eigenvalue weighted by Crippen LogP contribution is -2.10. The topological polar surface area (TPSA) is 52.0 Å². The van der Waals surface area contributed by atoms with Gasteiger partial charge in [-0.05, 0) is 38.4 Å². The summed E-state index contributed by atoms with van der Waals surface area (Å²) in [5.41, 5.74) is 11.4. The highest BCUT2D eigenvalue weighted by Crippen LogP contribution is 2.23. The molecule has 0 aliphatic heterocycles. The molecule has 1 aromatic heterocycles. The van der Waals surface area contributed by atoms with Gasteiger partial charge in [-0.2, -0.15) is 0 Å². The van der Waals surface area contributed by atoms with Crippen molar-refractivity contribution in [3.05, 3.63) is 21.9 Å². The Bertz CT molecular complexity index is 237. The third-order valence-corrected chi connectivity index (χ3v) is 2.98. The fourth-order valence-electron chi connectivity index (χ4n) is 1.13. The molecule has 1 heterocycles. The molecule has 1 rings (SSSR count). The third-order valence-electron chi connectivity index (χ3n) is 1.85. The van der Waals surface area contributed by atoms with Crippen LogP contribution in [0.3, 0.4) is 0 Å². The van der Waals surface area contributed by atoms with Gasteiger partial charge in [0.05, 0.1) is 0 Å². The second-order valence-electron chi connectivity index (χ2n) is 2.99. The standard InChI is InChI=1S/C9H16N2S.ClH/c1-7-4-5-9(12-7)8(11)3-2-6-10;/h4-5,8H,2-3,6,10-11H2,1H3;1H/t8-;/m1./s1. The molecule has 0 spiro atoms. The summed E-state index contributed by atoms with van der Waals surface area (Å²) in [6.45, 7) is 2.84. The summed E-state index contributed by atoms with van der Waals surface area (Å²) >= 11 is 1.78. The molecule has 0 amide bonds. The van der Waals surface area contributed by atoms with Crippen molar-refractivity contribution in [3.63, 3.8) is 0 Å². The molecule has 4 N–H and O–H groups in total. The van der Waals surface area contributed by atoms with Crippen LogP contribution in [0.5, 0.6) is 0 Å². The van der Waals surface area contributed by atoms with Crippen molar-refractivity contribution in [2.45, 2.75) is 25.8 Å². The first kappa shape index (κ1) is 12.9. The van der Waals surface area contributed by atoms with E-state index in [0.717, 1.165) is 19.4 Å². The summed E-state index contributed by atoms with van der Waals surface area (Å²) in [7, 11) is 0. The first-order valence-corrected chi connectivity index (χ1v) is 5.07. The average molecular weight is 221 g/mol. The number of nitrogens with two attached hydrogens (primary N) is 2. The molecule has 4 heteroatoms. The van der Waals surface area contributed by atoms with E-state index in [1.54, 1.807) is 11.3 Å². The van der Waals surface area contributed by atoms with Crippen molar-refractivity contribution in [3.8, 4) is 0 Å². The van der Waals surface area contributed by atoms with Crippen LogP contribution in [0.4, 0.5) is 0 Å². The Morgan fingerprint density at radius 2 is 2.15 bits per heavy atom. The predicted octanol–water partition coefficient (Wildman–Crippen LogP) is 2.22. The van der Waals surface area contributed by atoms with E-state index in [1.165, 1.54) is 9.75 Å². The van der Waals surface area contributed by atoms with E-state index in [9.17, 15) is 0 Å². The van der Waals surface area contributed by atoms with Crippen LogP contribution in [0.1, 0.15) is 28.6 Å². The smallest absolute Gasteiger partial charge is 0.0390 e. The SMILES string of the molecule is Cc1ccc([C@H](N)CCCN)s1.Cl. The van der Waals surface area contributed by atoms with Gasteiger partial charge in [0.15, 0.2) is 0 Å². The molecular formula is C9H17ClN2S. The number of thiophene rings is 1. The molecule has 0 bridgehead atoms. The van der Waals surface area contributed by atoms with Crippen LogP contribution >= 0.6 is 23.7 Å². The van der Waals surface area contributed by atoms with Crippen LogP contribution in [0, 0.1) is 6.92 Å². The summed E-state index contributed by atoms with van der Waals surface area (Å²) in [5.74, 6) is 0. The Labute approximate surface area is 89.7 Å². The van der Waals surface area contributed by atoms with Gasteiger partial charge in [0.2, 0.25) is 0 Å². The van der Waals surface area contributed by atoms with E-state index in [2.05, 4.69) is 19.1 Å². The van der Waals surface area contributed by atoms with E-state index >= 15 is 0 Å². The molecule has 0 aliphatic rings. The summed E-state index contributed by atoms with van der Waals surface area (Å²) in [5, 5.41) is 0. The quantitative estimate of drug-likeness (QED) is 0.818.